The standard InChI is InChI=1S/C26H35N3O3/c1-25(2)13-19(14-26(3,4)15-25)28-16-9-10-17(28)12-18(11-16)29-21-8-6-5-7-20(21)27-22(23(29)30)24(31)32/h5-8,16-19H,9-15H2,1-4H3,(H,31,32)/t16-,17?,18?/m0/s1. The van der Waals surface area contributed by atoms with E-state index in [1.807, 2.05) is 18.2 Å². The number of carboxylic acid groups (broad SMARTS) is 1. The van der Waals surface area contributed by atoms with Crippen LogP contribution in [-0.4, -0.2) is 43.7 Å². The maximum atomic E-state index is 13.2. The van der Waals surface area contributed by atoms with Crippen LogP contribution in [0.4, 0.5) is 0 Å². The lowest BCUT2D eigenvalue weighted by Gasteiger charge is -2.52. The lowest BCUT2D eigenvalue weighted by molar-refractivity contribution is -0.0212. The smallest absolute Gasteiger partial charge is 0.360 e. The first kappa shape index (κ1) is 21.6. The van der Waals surface area contributed by atoms with Gasteiger partial charge in [-0.1, -0.05) is 39.8 Å². The van der Waals surface area contributed by atoms with Crippen molar-refractivity contribution in [3.8, 4) is 0 Å². The first-order valence-electron chi connectivity index (χ1n) is 12.1. The summed E-state index contributed by atoms with van der Waals surface area (Å²) >= 11 is 0. The summed E-state index contributed by atoms with van der Waals surface area (Å²) in [5, 5.41) is 9.59. The molecule has 3 atom stereocenters. The molecule has 2 aliphatic heterocycles. The van der Waals surface area contributed by atoms with E-state index in [2.05, 4.69) is 37.6 Å². The molecule has 1 aromatic heterocycles. The normalized spacial score (nSPS) is 29.9. The van der Waals surface area contributed by atoms with Gasteiger partial charge in [-0.15, -0.1) is 0 Å². The molecular formula is C26H35N3O3. The molecule has 172 valence electrons. The van der Waals surface area contributed by atoms with Crippen LogP contribution in [0.3, 0.4) is 0 Å². The van der Waals surface area contributed by atoms with Crippen molar-refractivity contribution in [3.05, 3.63) is 40.3 Å². The number of carboxylic acids is 1. The number of nitrogens with zero attached hydrogens (tertiary/aromatic N) is 3. The Morgan fingerprint density at radius 2 is 1.56 bits per heavy atom. The van der Waals surface area contributed by atoms with Crippen LogP contribution in [0.15, 0.2) is 29.1 Å². The van der Waals surface area contributed by atoms with E-state index in [9.17, 15) is 14.7 Å². The van der Waals surface area contributed by atoms with Crippen molar-refractivity contribution >= 4 is 17.0 Å². The molecule has 1 aromatic carbocycles. The van der Waals surface area contributed by atoms with Gasteiger partial charge in [-0.25, -0.2) is 9.78 Å². The first-order chi connectivity index (χ1) is 15.0. The molecule has 5 rings (SSSR count). The maximum absolute atomic E-state index is 13.2. The molecule has 0 radical (unpaired) electrons. The molecule has 1 saturated carbocycles. The third-order valence-electron chi connectivity index (χ3n) is 8.08. The minimum Gasteiger partial charge on any atom is -0.476 e. The summed E-state index contributed by atoms with van der Waals surface area (Å²) in [5.74, 6) is -1.25. The number of fused-ring (bicyclic) bond motifs is 3. The molecule has 1 N–H and O–H groups in total. The number of benzene rings is 1. The van der Waals surface area contributed by atoms with E-state index in [-0.39, 0.29) is 11.7 Å². The molecule has 2 unspecified atom stereocenters. The van der Waals surface area contributed by atoms with E-state index >= 15 is 0 Å². The van der Waals surface area contributed by atoms with Gasteiger partial charge >= 0.3 is 5.97 Å². The average Bonchev–Trinajstić information content (AvgIpc) is 2.95. The minimum atomic E-state index is -1.25. The van der Waals surface area contributed by atoms with E-state index in [0.717, 1.165) is 18.4 Å². The van der Waals surface area contributed by atoms with Gasteiger partial charge in [-0.2, -0.15) is 0 Å². The summed E-state index contributed by atoms with van der Waals surface area (Å²) in [6.45, 7) is 9.63. The predicted molar refractivity (Wildman–Crippen MR) is 125 cm³/mol. The summed E-state index contributed by atoms with van der Waals surface area (Å²) in [6.07, 6.45) is 7.87. The highest BCUT2D eigenvalue weighted by atomic mass is 16.4. The molecule has 3 heterocycles. The van der Waals surface area contributed by atoms with Gasteiger partial charge in [0, 0.05) is 24.2 Å². The fraction of sp³-hybridized carbons (Fsp3) is 0.654. The molecule has 1 aliphatic carbocycles. The minimum absolute atomic E-state index is 0.0202. The number of hydrogen-bond donors (Lipinski definition) is 1. The van der Waals surface area contributed by atoms with Crippen LogP contribution in [0.1, 0.15) is 89.2 Å². The monoisotopic (exact) mass is 437 g/mol. The van der Waals surface area contributed by atoms with Gasteiger partial charge in [0.1, 0.15) is 0 Å². The predicted octanol–water partition coefficient (Wildman–Crippen LogP) is 4.87. The molecule has 6 nitrogen and oxygen atoms in total. The lowest BCUT2D eigenvalue weighted by Crippen LogP contribution is -2.54. The number of hydrogen-bond acceptors (Lipinski definition) is 4. The van der Waals surface area contributed by atoms with Gasteiger partial charge in [0.25, 0.3) is 5.56 Å². The van der Waals surface area contributed by atoms with Crippen molar-refractivity contribution in [2.75, 3.05) is 0 Å². The SMILES string of the molecule is CC1(C)CC(N2C3CC[C@H]2CC(n2c(=O)c(C(=O)O)nc4ccccc42)C3)CC(C)(C)C1. The Labute approximate surface area is 189 Å². The van der Waals surface area contributed by atoms with Crippen LogP contribution in [0, 0.1) is 10.8 Å². The van der Waals surface area contributed by atoms with Crippen molar-refractivity contribution in [2.24, 2.45) is 10.8 Å². The van der Waals surface area contributed by atoms with Crippen molar-refractivity contribution in [3.63, 3.8) is 0 Å². The zero-order valence-corrected chi connectivity index (χ0v) is 19.7. The van der Waals surface area contributed by atoms with Gasteiger partial charge in [0.2, 0.25) is 5.69 Å². The summed E-state index contributed by atoms with van der Waals surface area (Å²) in [6, 6.07) is 8.97. The number of aromatic carboxylic acids is 1. The fourth-order valence-electron chi connectivity index (χ4n) is 7.65. The topological polar surface area (TPSA) is 75.4 Å². The van der Waals surface area contributed by atoms with Crippen molar-refractivity contribution in [2.45, 2.75) is 96.8 Å². The van der Waals surface area contributed by atoms with Crippen LogP contribution in [0.25, 0.3) is 11.0 Å². The van der Waals surface area contributed by atoms with Crippen LogP contribution in [0.2, 0.25) is 0 Å². The Bertz CT molecular complexity index is 1090. The second kappa shape index (κ2) is 7.41. The van der Waals surface area contributed by atoms with Gasteiger partial charge in [-0.05, 0) is 67.9 Å². The number of rotatable bonds is 3. The molecule has 2 aromatic rings. The Morgan fingerprint density at radius 3 is 2.16 bits per heavy atom. The third kappa shape index (κ3) is 3.66. The summed E-state index contributed by atoms with van der Waals surface area (Å²) in [7, 11) is 0. The van der Waals surface area contributed by atoms with Crippen LogP contribution in [0.5, 0.6) is 0 Å². The Hall–Kier alpha value is -2.21. The quantitative estimate of drug-likeness (QED) is 0.742. The number of piperidine rings is 1. The highest BCUT2D eigenvalue weighted by molar-refractivity contribution is 5.88. The van der Waals surface area contributed by atoms with Crippen LogP contribution < -0.4 is 5.56 Å². The molecule has 2 saturated heterocycles. The molecular weight excluding hydrogens is 402 g/mol. The summed E-state index contributed by atoms with van der Waals surface area (Å²) < 4.78 is 1.75. The summed E-state index contributed by atoms with van der Waals surface area (Å²) in [4.78, 5) is 31.9. The van der Waals surface area contributed by atoms with E-state index in [4.69, 9.17) is 0 Å². The second-order valence-corrected chi connectivity index (χ2v) is 12.0. The van der Waals surface area contributed by atoms with Crippen molar-refractivity contribution in [1.29, 1.82) is 0 Å². The molecule has 6 heteroatoms. The molecule has 32 heavy (non-hydrogen) atoms. The Morgan fingerprint density at radius 1 is 0.969 bits per heavy atom. The average molecular weight is 438 g/mol. The number of aromatic nitrogens is 2. The molecule has 0 spiro atoms. The van der Waals surface area contributed by atoms with Gasteiger partial charge in [0.05, 0.1) is 11.0 Å². The molecule has 0 amide bonds. The number of carbonyl (C=O) groups is 1. The molecule has 3 fully saturated rings. The highest BCUT2D eigenvalue weighted by Gasteiger charge is 2.49. The first-order valence-corrected chi connectivity index (χ1v) is 12.1. The van der Waals surface area contributed by atoms with Gasteiger partial charge in [-0.3, -0.25) is 9.69 Å². The van der Waals surface area contributed by atoms with Gasteiger partial charge in [0.15, 0.2) is 0 Å². The van der Waals surface area contributed by atoms with E-state index in [0.29, 0.717) is 34.5 Å². The maximum Gasteiger partial charge on any atom is 0.360 e. The third-order valence-corrected chi connectivity index (χ3v) is 8.08. The summed E-state index contributed by atoms with van der Waals surface area (Å²) in [5.41, 5.74) is 1.19. The van der Waals surface area contributed by atoms with Crippen molar-refractivity contribution < 1.29 is 9.90 Å². The number of para-hydroxylation sites is 2. The Kier molecular flexibility index (Phi) is 5.01. The van der Waals surface area contributed by atoms with Crippen LogP contribution in [-0.2, 0) is 0 Å². The Balaban J connectivity index is 1.49. The van der Waals surface area contributed by atoms with E-state index in [1.165, 1.54) is 32.1 Å². The van der Waals surface area contributed by atoms with E-state index < -0.39 is 11.5 Å². The second-order valence-electron chi connectivity index (χ2n) is 12.0. The fourth-order valence-corrected chi connectivity index (χ4v) is 7.65. The largest absolute Gasteiger partial charge is 0.476 e. The van der Waals surface area contributed by atoms with E-state index in [1.54, 1.807) is 10.6 Å². The molecule has 3 aliphatic rings. The molecule has 2 bridgehead atoms. The van der Waals surface area contributed by atoms with Crippen LogP contribution >= 0.6 is 0 Å². The lowest BCUT2D eigenvalue weighted by atomic mass is 9.63. The highest BCUT2D eigenvalue weighted by Crippen LogP contribution is 2.51. The van der Waals surface area contributed by atoms with Crippen molar-refractivity contribution in [1.82, 2.24) is 14.5 Å². The van der Waals surface area contributed by atoms with Gasteiger partial charge < -0.3 is 9.67 Å². The zero-order chi connectivity index (χ0) is 22.8. The zero-order valence-electron chi connectivity index (χ0n) is 19.7.